The van der Waals surface area contributed by atoms with Gasteiger partial charge in [-0.05, 0) is 48.0 Å². The smallest absolute Gasteiger partial charge is 0.165 e. The zero-order valence-electron chi connectivity index (χ0n) is 13.5. The van der Waals surface area contributed by atoms with Crippen molar-refractivity contribution in [3.8, 4) is 17.1 Å². The van der Waals surface area contributed by atoms with Crippen molar-refractivity contribution >= 4 is 11.0 Å². The van der Waals surface area contributed by atoms with Crippen LogP contribution in [-0.2, 0) is 6.61 Å². The molecule has 0 unspecified atom stereocenters. The second-order valence-corrected chi connectivity index (χ2v) is 5.81. The number of hydrogen-bond acceptors (Lipinski definition) is 2. The minimum atomic E-state index is -0.704. The van der Waals surface area contributed by atoms with Crippen LogP contribution in [0.15, 0.2) is 60.7 Å². The fourth-order valence-electron chi connectivity index (χ4n) is 2.71. The predicted octanol–water partition coefficient (Wildman–Crippen LogP) is 5.23. The molecule has 0 radical (unpaired) electrons. The van der Waals surface area contributed by atoms with Gasteiger partial charge in [-0.25, -0.2) is 18.2 Å². The van der Waals surface area contributed by atoms with Crippen molar-refractivity contribution in [2.45, 2.75) is 6.61 Å². The van der Waals surface area contributed by atoms with Crippen molar-refractivity contribution in [3.05, 3.63) is 83.7 Å². The van der Waals surface area contributed by atoms with Crippen LogP contribution in [0, 0.1) is 17.5 Å². The Kier molecular flexibility index (Phi) is 4.08. The summed E-state index contributed by atoms with van der Waals surface area (Å²) in [6, 6.07) is 15.0. The van der Waals surface area contributed by atoms with Crippen molar-refractivity contribution in [1.82, 2.24) is 9.97 Å². The number of aromatic amines is 1. The molecule has 6 heteroatoms. The van der Waals surface area contributed by atoms with Crippen molar-refractivity contribution in [3.63, 3.8) is 0 Å². The molecule has 1 heterocycles. The summed E-state index contributed by atoms with van der Waals surface area (Å²) in [6.07, 6.45) is 0. The first kappa shape index (κ1) is 16.2. The lowest BCUT2D eigenvalue weighted by molar-refractivity contribution is 0.289. The van der Waals surface area contributed by atoms with Crippen LogP contribution in [0.25, 0.3) is 22.4 Å². The van der Waals surface area contributed by atoms with Gasteiger partial charge in [-0.2, -0.15) is 0 Å². The van der Waals surface area contributed by atoms with E-state index in [4.69, 9.17) is 4.74 Å². The van der Waals surface area contributed by atoms with Gasteiger partial charge in [-0.3, -0.25) is 0 Å². The fourth-order valence-corrected chi connectivity index (χ4v) is 2.71. The number of para-hydroxylation sites is 2. The zero-order valence-corrected chi connectivity index (χ0v) is 13.5. The molecule has 3 aromatic carbocycles. The van der Waals surface area contributed by atoms with E-state index >= 15 is 0 Å². The van der Waals surface area contributed by atoms with Gasteiger partial charge in [-0.15, -0.1) is 0 Å². The highest BCUT2D eigenvalue weighted by atomic mass is 19.1. The maximum Gasteiger partial charge on any atom is 0.165 e. The number of H-pyrrole nitrogens is 1. The number of aromatic nitrogens is 2. The molecular formula is C20H13F3N2O. The highest BCUT2D eigenvalue weighted by molar-refractivity contribution is 5.79. The lowest BCUT2D eigenvalue weighted by atomic mass is 10.2. The Hall–Kier alpha value is -3.28. The molecule has 4 aromatic rings. The molecular weight excluding hydrogens is 341 g/mol. The molecule has 0 aliphatic carbocycles. The lowest BCUT2D eigenvalue weighted by Crippen LogP contribution is -1.99. The molecule has 0 saturated heterocycles. The van der Waals surface area contributed by atoms with Crippen LogP contribution < -0.4 is 4.74 Å². The van der Waals surface area contributed by atoms with Crippen LogP contribution in [0.3, 0.4) is 0 Å². The van der Waals surface area contributed by atoms with Gasteiger partial charge in [0.2, 0.25) is 0 Å². The van der Waals surface area contributed by atoms with Gasteiger partial charge >= 0.3 is 0 Å². The quantitative estimate of drug-likeness (QED) is 0.545. The number of ether oxygens (including phenoxy) is 1. The number of nitrogens with one attached hydrogen (secondary N) is 1. The van der Waals surface area contributed by atoms with Gasteiger partial charge in [0.1, 0.15) is 24.1 Å². The number of imidazole rings is 1. The molecule has 0 bridgehead atoms. The first-order valence-electron chi connectivity index (χ1n) is 7.91. The summed E-state index contributed by atoms with van der Waals surface area (Å²) in [4.78, 5) is 7.55. The second kappa shape index (κ2) is 6.55. The highest BCUT2D eigenvalue weighted by Crippen LogP contribution is 2.26. The molecule has 0 atom stereocenters. The molecule has 1 N–H and O–H groups in total. The molecule has 0 spiro atoms. The number of benzene rings is 3. The summed E-state index contributed by atoms with van der Waals surface area (Å²) in [5.41, 5.74) is 2.50. The lowest BCUT2D eigenvalue weighted by Gasteiger charge is -2.08. The summed E-state index contributed by atoms with van der Waals surface area (Å²) < 4.78 is 46.0. The van der Waals surface area contributed by atoms with Gasteiger partial charge in [0.25, 0.3) is 0 Å². The Balaban J connectivity index is 1.55. The Morgan fingerprint density at radius 2 is 1.65 bits per heavy atom. The third-order valence-corrected chi connectivity index (χ3v) is 3.91. The molecule has 1 aromatic heterocycles. The maximum absolute atomic E-state index is 14.3. The van der Waals surface area contributed by atoms with E-state index in [2.05, 4.69) is 9.97 Å². The van der Waals surface area contributed by atoms with Gasteiger partial charge in [0.05, 0.1) is 11.0 Å². The Labute approximate surface area is 147 Å². The molecule has 0 aliphatic rings. The van der Waals surface area contributed by atoms with Crippen molar-refractivity contribution in [1.29, 1.82) is 0 Å². The normalized spacial score (nSPS) is 11.0. The van der Waals surface area contributed by atoms with Crippen LogP contribution in [0.1, 0.15) is 5.56 Å². The van der Waals surface area contributed by atoms with Gasteiger partial charge < -0.3 is 9.72 Å². The van der Waals surface area contributed by atoms with E-state index in [-0.39, 0.29) is 17.9 Å². The van der Waals surface area contributed by atoms with E-state index in [0.717, 1.165) is 29.2 Å². The first-order valence-corrected chi connectivity index (χ1v) is 7.91. The molecule has 0 fully saturated rings. The van der Waals surface area contributed by atoms with E-state index in [0.29, 0.717) is 11.4 Å². The average Bonchev–Trinajstić information content (AvgIpc) is 3.04. The summed E-state index contributed by atoms with van der Waals surface area (Å²) in [6.45, 7) is -0.143. The summed E-state index contributed by atoms with van der Waals surface area (Å²) >= 11 is 0. The molecule has 4 rings (SSSR count). The molecule has 0 aliphatic heterocycles. The van der Waals surface area contributed by atoms with Crippen LogP contribution >= 0.6 is 0 Å². The molecule has 26 heavy (non-hydrogen) atoms. The van der Waals surface area contributed by atoms with Gasteiger partial charge in [0, 0.05) is 11.6 Å². The summed E-state index contributed by atoms with van der Waals surface area (Å²) in [7, 11) is 0. The number of nitrogens with zero attached hydrogens (tertiary/aromatic N) is 1. The van der Waals surface area contributed by atoms with Crippen LogP contribution in [-0.4, -0.2) is 9.97 Å². The zero-order chi connectivity index (χ0) is 18.1. The minimum absolute atomic E-state index is 0.00506. The van der Waals surface area contributed by atoms with E-state index in [1.165, 1.54) is 12.1 Å². The number of fused-ring (bicyclic) bond motifs is 1. The Morgan fingerprint density at radius 3 is 2.38 bits per heavy atom. The van der Waals surface area contributed by atoms with Crippen molar-refractivity contribution in [2.24, 2.45) is 0 Å². The topological polar surface area (TPSA) is 37.9 Å². The summed E-state index contributed by atoms with van der Waals surface area (Å²) in [5, 5.41) is 0. The summed E-state index contributed by atoms with van der Waals surface area (Å²) in [5.74, 6) is -1.45. The van der Waals surface area contributed by atoms with E-state index < -0.39 is 17.5 Å². The first-order chi connectivity index (χ1) is 12.6. The Morgan fingerprint density at radius 1 is 0.885 bits per heavy atom. The predicted molar refractivity (Wildman–Crippen MR) is 92.2 cm³/mol. The van der Waals surface area contributed by atoms with E-state index in [1.54, 1.807) is 6.07 Å². The van der Waals surface area contributed by atoms with Crippen LogP contribution in [0.4, 0.5) is 13.2 Å². The fraction of sp³-hybridized carbons (Fsp3) is 0.0500. The minimum Gasteiger partial charge on any atom is -0.486 e. The highest BCUT2D eigenvalue weighted by Gasteiger charge is 2.10. The molecule has 0 amide bonds. The largest absolute Gasteiger partial charge is 0.486 e. The van der Waals surface area contributed by atoms with Crippen molar-refractivity contribution < 1.29 is 17.9 Å². The second-order valence-electron chi connectivity index (χ2n) is 5.81. The molecule has 130 valence electrons. The number of hydrogen-bond donors (Lipinski definition) is 1. The number of rotatable bonds is 4. The van der Waals surface area contributed by atoms with Crippen LogP contribution in [0.2, 0.25) is 0 Å². The van der Waals surface area contributed by atoms with Crippen molar-refractivity contribution in [2.75, 3.05) is 0 Å². The SMILES string of the molecule is Fc1cc(F)cc(COc2ccc(-c3nc4ccccc4[nH]3)cc2F)c1. The van der Waals surface area contributed by atoms with E-state index in [1.807, 2.05) is 24.3 Å². The maximum atomic E-state index is 14.3. The monoisotopic (exact) mass is 354 g/mol. The van der Waals surface area contributed by atoms with Gasteiger partial charge in [-0.1, -0.05) is 12.1 Å². The average molecular weight is 354 g/mol. The third kappa shape index (κ3) is 3.26. The number of halogens is 3. The standard InChI is InChI=1S/C20H13F3N2O/c21-14-7-12(8-15(22)10-14)11-26-19-6-5-13(9-16(19)23)20-24-17-3-1-2-4-18(17)25-20/h1-10H,11H2,(H,24,25). The van der Waals surface area contributed by atoms with Gasteiger partial charge in [0.15, 0.2) is 11.6 Å². The van der Waals surface area contributed by atoms with Crippen LogP contribution in [0.5, 0.6) is 5.75 Å². The molecule has 0 saturated carbocycles. The Bertz CT molecular complexity index is 1040. The van der Waals surface area contributed by atoms with E-state index in [9.17, 15) is 13.2 Å². The molecule has 3 nitrogen and oxygen atoms in total. The third-order valence-electron chi connectivity index (χ3n) is 3.91.